The van der Waals surface area contributed by atoms with Crippen LogP contribution in [0.5, 0.6) is 0 Å². The minimum Gasteiger partial charge on any atom is -0.341 e. The number of hydrogen-bond acceptors (Lipinski definition) is 7. The third-order valence-corrected chi connectivity index (χ3v) is 7.74. The SMILES string of the molecule is Cn1c(SCC(=O)N2CCC[C@@H](c3nc4ccccc4s3)C2)nnc1-c1ccncc1. The van der Waals surface area contributed by atoms with Gasteiger partial charge in [-0.1, -0.05) is 23.9 Å². The molecule has 1 aliphatic heterocycles. The molecule has 4 heterocycles. The first-order valence-corrected chi connectivity index (χ1v) is 12.0. The Balaban J connectivity index is 1.23. The van der Waals surface area contributed by atoms with Crippen LogP contribution in [0.1, 0.15) is 23.8 Å². The molecule has 0 unspecified atom stereocenters. The summed E-state index contributed by atoms with van der Waals surface area (Å²) in [6.45, 7) is 1.54. The van der Waals surface area contributed by atoms with Crippen LogP contribution in [0.15, 0.2) is 53.9 Å². The van der Waals surface area contributed by atoms with Gasteiger partial charge in [-0.2, -0.15) is 0 Å². The maximum Gasteiger partial charge on any atom is 0.233 e. The maximum atomic E-state index is 12.9. The summed E-state index contributed by atoms with van der Waals surface area (Å²) < 4.78 is 3.14. The fourth-order valence-corrected chi connectivity index (χ4v) is 5.79. The number of nitrogens with zero attached hydrogens (tertiary/aromatic N) is 6. The average molecular weight is 451 g/mol. The van der Waals surface area contributed by atoms with Crippen molar-refractivity contribution in [3.05, 3.63) is 53.8 Å². The molecule has 0 bridgehead atoms. The fraction of sp³-hybridized carbons (Fsp3) is 0.318. The first-order valence-electron chi connectivity index (χ1n) is 10.2. The molecule has 4 aromatic rings. The van der Waals surface area contributed by atoms with Gasteiger partial charge in [0.2, 0.25) is 5.91 Å². The summed E-state index contributed by atoms with van der Waals surface area (Å²) in [5.74, 6) is 1.58. The number of carbonyl (C=O) groups excluding carboxylic acids is 1. The van der Waals surface area contributed by atoms with Crippen molar-refractivity contribution in [3.63, 3.8) is 0 Å². The lowest BCUT2D eigenvalue weighted by atomic mass is 9.99. The standard InChI is InChI=1S/C22H22N6OS2/c1-27-20(15-8-10-23-11-9-15)25-26-22(27)30-14-19(29)28-12-4-5-16(13-28)21-24-17-6-2-3-7-18(17)31-21/h2-3,6-11,16H,4-5,12-14H2,1H3/t16-/m1/s1. The highest BCUT2D eigenvalue weighted by Gasteiger charge is 2.27. The predicted octanol–water partition coefficient (Wildman–Crippen LogP) is 3.99. The van der Waals surface area contributed by atoms with Crippen molar-refractivity contribution >= 4 is 39.2 Å². The zero-order chi connectivity index (χ0) is 21.2. The van der Waals surface area contributed by atoms with Gasteiger partial charge in [0, 0.05) is 44.0 Å². The molecule has 1 aliphatic rings. The molecule has 0 radical (unpaired) electrons. The Bertz CT molecular complexity index is 1170. The van der Waals surface area contributed by atoms with E-state index in [1.165, 1.54) is 16.5 Å². The van der Waals surface area contributed by atoms with Crippen molar-refractivity contribution < 1.29 is 4.79 Å². The van der Waals surface area contributed by atoms with Gasteiger partial charge in [0.25, 0.3) is 0 Å². The number of thiazole rings is 1. The van der Waals surface area contributed by atoms with Crippen molar-refractivity contribution in [2.24, 2.45) is 7.05 Å². The molecule has 1 amide bonds. The van der Waals surface area contributed by atoms with E-state index < -0.39 is 0 Å². The second-order valence-electron chi connectivity index (χ2n) is 7.59. The van der Waals surface area contributed by atoms with Crippen LogP contribution in [-0.2, 0) is 11.8 Å². The maximum absolute atomic E-state index is 12.9. The molecule has 0 spiro atoms. The molecule has 1 atom stereocenters. The van der Waals surface area contributed by atoms with E-state index in [9.17, 15) is 4.79 Å². The first-order chi connectivity index (χ1) is 15.2. The van der Waals surface area contributed by atoms with Crippen LogP contribution in [0.3, 0.4) is 0 Å². The Labute approximate surface area is 188 Å². The van der Waals surface area contributed by atoms with Crippen LogP contribution < -0.4 is 0 Å². The van der Waals surface area contributed by atoms with E-state index in [-0.39, 0.29) is 5.91 Å². The molecule has 1 fully saturated rings. The molecule has 0 N–H and O–H groups in total. The van der Waals surface area contributed by atoms with Crippen LogP contribution in [0.2, 0.25) is 0 Å². The van der Waals surface area contributed by atoms with E-state index >= 15 is 0 Å². The van der Waals surface area contributed by atoms with Gasteiger partial charge in [-0.05, 0) is 37.1 Å². The highest BCUT2D eigenvalue weighted by Crippen LogP contribution is 2.33. The van der Waals surface area contributed by atoms with E-state index in [2.05, 4.69) is 27.3 Å². The molecule has 1 aromatic carbocycles. The van der Waals surface area contributed by atoms with Gasteiger partial charge in [-0.3, -0.25) is 9.78 Å². The molecule has 5 rings (SSSR count). The lowest BCUT2D eigenvalue weighted by molar-refractivity contribution is -0.129. The number of para-hydroxylation sites is 1. The van der Waals surface area contributed by atoms with E-state index in [0.717, 1.165) is 53.0 Å². The number of pyridine rings is 1. The molecule has 3 aromatic heterocycles. The van der Waals surface area contributed by atoms with Crippen LogP contribution in [0.25, 0.3) is 21.6 Å². The molecule has 0 aliphatic carbocycles. The third kappa shape index (κ3) is 4.20. The highest BCUT2D eigenvalue weighted by molar-refractivity contribution is 7.99. The summed E-state index contributed by atoms with van der Waals surface area (Å²) in [6.07, 6.45) is 5.56. The summed E-state index contributed by atoms with van der Waals surface area (Å²) >= 11 is 3.18. The number of piperidine rings is 1. The number of amides is 1. The number of benzene rings is 1. The Hall–Kier alpha value is -2.78. The topological polar surface area (TPSA) is 76.8 Å². The van der Waals surface area contributed by atoms with Crippen LogP contribution in [-0.4, -0.2) is 54.4 Å². The molecular formula is C22H22N6OS2. The van der Waals surface area contributed by atoms with Crippen molar-refractivity contribution in [3.8, 4) is 11.4 Å². The third-order valence-electron chi connectivity index (χ3n) is 5.53. The Morgan fingerprint density at radius 1 is 1.19 bits per heavy atom. The summed E-state index contributed by atoms with van der Waals surface area (Å²) in [5.41, 5.74) is 2.01. The molecule has 1 saturated heterocycles. The minimum atomic E-state index is 0.143. The van der Waals surface area contributed by atoms with Gasteiger partial charge < -0.3 is 9.47 Å². The average Bonchev–Trinajstić information content (AvgIpc) is 3.41. The number of fused-ring (bicyclic) bond motifs is 1. The second-order valence-corrected chi connectivity index (χ2v) is 9.59. The summed E-state index contributed by atoms with van der Waals surface area (Å²) in [7, 11) is 1.92. The monoisotopic (exact) mass is 450 g/mol. The Kier molecular flexibility index (Phi) is 5.69. The van der Waals surface area contributed by atoms with Crippen molar-refractivity contribution in [1.29, 1.82) is 0 Å². The summed E-state index contributed by atoms with van der Waals surface area (Å²) in [6, 6.07) is 12.0. The first kappa shape index (κ1) is 20.1. The zero-order valence-corrected chi connectivity index (χ0v) is 18.8. The van der Waals surface area contributed by atoms with Crippen LogP contribution in [0.4, 0.5) is 0 Å². The molecule has 31 heavy (non-hydrogen) atoms. The predicted molar refractivity (Wildman–Crippen MR) is 123 cm³/mol. The molecular weight excluding hydrogens is 428 g/mol. The normalized spacial score (nSPS) is 16.7. The summed E-state index contributed by atoms with van der Waals surface area (Å²) in [4.78, 5) is 23.8. The number of hydrogen-bond donors (Lipinski definition) is 0. The van der Waals surface area contributed by atoms with E-state index in [1.807, 2.05) is 40.8 Å². The highest BCUT2D eigenvalue weighted by atomic mass is 32.2. The van der Waals surface area contributed by atoms with E-state index in [1.54, 1.807) is 23.7 Å². The van der Waals surface area contributed by atoms with Crippen molar-refractivity contribution in [2.45, 2.75) is 23.9 Å². The van der Waals surface area contributed by atoms with Gasteiger partial charge >= 0.3 is 0 Å². The lowest BCUT2D eigenvalue weighted by Gasteiger charge is -2.31. The van der Waals surface area contributed by atoms with E-state index in [4.69, 9.17) is 4.98 Å². The second kappa shape index (κ2) is 8.76. The molecule has 158 valence electrons. The number of thioether (sulfide) groups is 1. The number of rotatable bonds is 5. The molecule has 0 saturated carbocycles. The van der Waals surface area contributed by atoms with Crippen molar-refractivity contribution in [2.75, 3.05) is 18.8 Å². The molecule has 9 heteroatoms. The van der Waals surface area contributed by atoms with Crippen LogP contribution in [0, 0.1) is 0 Å². The summed E-state index contributed by atoms with van der Waals surface area (Å²) in [5, 5.41) is 10.4. The number of likely N-dealkylation sites (tertiary alicyclic amines) is 1. The van der Waals surface area contributed by atoms with Gasteiger partial charge in [-0.25, -0.2) is 4.98 Å². The minimum absolute atomic E-state index is 0.143. The fourth-order valence-electron chi connectivity index (χ4n) is 3.88. The zero-order valence-electron chi connectivity index (χ0n) is 17.1. The number of aromatic nitrogens is 5. The van der Waals surface area contributed by atoms with Gasteiger partial charge in [-0.15, -0.1) is 21.5 Å². The number of carbonyl (C=O) groups is 1. The lowest BCUT2D eigenvalue weighted by Crippen LogP contribution is -2.40. The molecule has 7 nitrogen and oxygen atoms in total. The van der Waals surface area contributed by atoms with Crippen LogP contribution >= 0.6 is 23.1 Å². The van der Waals surface area contributed by atoms with Crippen molar-refractivity contribution in [1.82, 2.24) is 29.6 Å². The largest absolute Gasteiger partial charge is 0.341 e. The smallest absolute Gasteiger partial charge is 0.233 e. The quantitative estimate of drug-likeness (QED) is 0.428. The Morgan fingerprint density at radius 3 is 2.87 bits per heavy atom. The van der Waals surface area contributed by atoms with Gasteiger partial charge in [0.15, 0.2) is 11.0 Å². The van der Waals surface area contributed by atoms with Gasteiger partial charge in [0.05, 0.1) is 21.0 Å². The van der Waals surface area contributed by atoms with Gasteiger partial charge in [0.1, 0.15) is 0 Å². The Morgan fingerprint density at radius 2 is 2.03 bits per heavy atom. The van der Waals surface area contributed by atoms with E-state index in [0.29, 0.717) is 11.7 Å².